The van der Waals surface area contributed by atoms with Gasteiger partial charge < -0.3 is 10.6 Å². The summed E-state index contributed by atoms with van der Waals surface area (Å²) in [4.78, 5) is 5.34. The van der Waals surface area contributed by atoms with Crippen molar-refractivity contribution in [1.29, 1.82) is 0 Å². The number of hydrogen-bond acceptors (Lipinski definition) is 2. The van der Waals surface area contributed by atoms with Crippen molar-refractivity contribution < 1.29 is 4.21 Å². The van der Waals surface area contributed by atoms with Gasteiger partial charge >= 0.3 is 0 Å². The zero-order valence-corrected chi connectivity index (χ0v) is 19.0. The van der Waals surface area contributed by atoms with Gasteiger partial charge in [0.2, 0.25) is 0 Å². The lowest BCUT2D eigenvalue weighted by Gasteiger charge is -2.11. The molecule has 0 spiro atoms. The third-order valence-corrected chi connectivity index (χ3v) is 5.31. The van der Waals surface area contributed by atoms with Crippen molar-refractivity contribution in [1.82, 2.24) is 10.6 Å². The van der Waals surface area contributed by atoms with Gasteiger partial charge in [-0.15, -0.1) is 24.0 Å². The van der Waals surface area contributed by atoms with E-state index in [1.54, 1.807) is 12.1 Å². The van der Waals surface area contributed by atoms with Gasteiger partial charge in [-0.25, -0.2) is 4.99 Å². The van der Waals surface area contributed by atoms with E-state index >= 15 is 0 Å². The third kappa shape index (κ3) is 7.82. The summed E-state index contributed by atoms with van der Waals surface area (Å²) >= 11 is 12.1. The highest BCUT2D eigenvalue weighted by Crippen LogP contribution is 2.21. The Morgan fingerprint density at radius 3 is 2.50 bits per heavy atom. The molecular formula is C18H22Cl2IN3OS. The summed E-state index contributed by atoms with van der Waals surface area (Å²) < 4.78 is 12.2. The monoisotopic (exact) mass is 525 g/mol. The van der Waals surface area contributed by atoms with Crippen molar-refractivity contribution in [2.75, 3.05) is 18.8 Å². The summed E-state index contributed by atoms with van der Waals surface area (Å²) in [6.07, 6.45) is 0. The van der Waals surface area contributed by atoms with Gasteiger partial charge in [0.1, 0.15) is 0 Å². The molecule has 8 heteroatoms. The van der Waals surface area contributed by atoms with Crippen LogP contribution in [0.2, 0.25) is 10.0 Å². The smallest absolute Gasteiger partial charge is 0.191 e. The maximum absolute atomic E-state index is 12.2. The second-order valence-electron chi connectivity index (χ2n) is 5.22. The molecule has 0 aliphatic rings. The Bertz CT molecular complexity index is 744. The molecule has 2 aromatic carbocycles. The van der Waals surface area contributed by atoms with Crippen LogP contribution in [0.15, 0.2) is 58.4 Å². The molecule has 1 unspecified atom stereocenters. The van der Waals surface area contributed by atoms with Gasteiger partial charge in [-0.3, -0.25) is 4.21 Å². The molecule has 2 N–H and O–H groups in total. The molecule has 2 rings (SSSR count). The van der Waals surface area contributed by atoms with Crippen molar-refractivity contribution in [2.45, 2.75) is 18.4 Å². The number of nitrogens with one attached hydrogen (secondary N) is 2. The Hall–Kier alpha value is -0.830. The van der Waals surface area contributed by atoms with Gasteiger partial charge in [0.25, 0.3) is 0 Å². The van der Waals surface area contributed by atoms with E-state index in [2.05, 4.69) is 15.6 Å². The quantitative estimate of drug-likeness (QED) is 0.318. The lowest BCUT2D eigenvalue weighted by atomic mass is 10.2. The highest BCUT2D eigenvalue weighted by Gasteiger charge is 2.05. The fourth-order valence-electron chi connectivity index (χ4n) is 2.11. The van der Waals surface area contributed by atoms with E-state index in [0.29, 0.717) is 34.8 Å². The van der Waals surface area contributed by atoms with Crippen molar-refractivity contribution >= 4 is 63.9 Å². The molecule has 0 aromatic heterocycles. The maximum Gasteiger partial charge on any atom is 0.191 e. The molecular weight excluding hydrogens is 504 g/mol. The molecule has 26 heavy (non-hydrogen) atoms. The molecule has 0 saturated carbocycles. The highest BCUT2D eigenvalue weighted by molar-refractivity contribution is 14.0. The Labute approximate surface area is 184 Å². The normalized spacial score (nSPS) is 12.2. The summed E-state index contributed by atoms with van der Waals surface area (Å²) in [5.41, 5.74) is 0.899. The van der Waals surface area contributed by atoms with E-state index in [1.807, 2.05) is 43.3 Å². The fraction of sp³-hybridized carbons (Fsp3) is 0.278. The first-order valence-electron chi connectivity index (χ1n) is 7.99. The van der Waals surface area contributed by atoms with Crippen molar-refractivity contribution in [3.63, 3.8) is 0 Å². The predicted octanol–water partition coefficient (Wildman–Crippen LogP) is 4.47. The molecule has 0 radical (unpaired) electrons. The van der Waals surface area contributed by atoms with Crippen LogP contribution < -0.4 is 10.6 Å². The van der Waals surface area contributed by atoms with Gasteiger partial charge in [-0.05, 0) is 36.8 Å². The number of aliphatic imine (C=N–C) groups is 1. The molecule has 0 heterocycles. The molecule has 0 aliphatic carbocycles. The topological polar surface area (TPSA) is 53.5 Å². The van der Waals surface area contributed by atoms with Crippen LogP contribution in [-0.4, -0.2) is 29.0 Å². The molecule has 2 aromatic rings. The number of guanidine groups is 1. The van der Waals surface area contributed by atoms with Crippen LogP contribution in [0.25, 0.3) is 0 Å². The average Bonchev–Trinajstić information content (AvgIpc) is 2.61. The van der Waals surface area contributed by atoms with Crippen LogP contribution in [-0.2, 0) is 17.3 Å². The van der Waals surface area contributed by atoms with E-state index in [4.69, 9.17) is 23.2 Å². The van der Waals surface area contributed by atoms with Crippen LogP contribution in [0.3, 0.4) is 0 Å². The van der Waals surface area contributed by atoms with Gasteiger partial charge in [0, 0.05) is 33.8 Å². The molecule has 0 amide bonds. The van der Waals surface area contributed by atoms with Crippen LogP contribution in [0.5, 0.6) is 0 Å². The summed E-state index contributed by atoms with van der Waals surface area (Å²) in [5.74, 6) is 1.18. The van der Waals surface area contributed by atoms with Crippen LogP contribution in [0, 0.1) is 0 Å². The van der Waals surface area contributed by atoms with Gasteiger partial charge in [0.15, 0.2) is 5.96 Å². The summed E-state index contributed by atoms with van der Waals surface area (Å²) in [6, 6.07) is 14.8. The highest BCUT2D eigenvalue weighted by atomic mass is 127. The van der Waals surface area contributed by atoms with Crippen LogP contribution in [0.4, 0.5) is 0 Å². The minimum atomic E-state index is -1.03. The van der Waals surface area contributed by atoms with Gasteiger partial charge in [-0.2, -0.15) is 0 Å². The number of rotatable bonds is 7. The summed E-state index contributed by atoms with van der Waals surface area (Å²) in [6.45, 7) is 3.73. The van der Waals surface area contributed by atoms with Gasteiger partial charge in [-0.1, -0.05) is 47.5 Å². The second kappa shape index (κ2) is 12.5. The number of nitrogens with zero attached hydrogens (tertiary/aromatic N) is 1. The van der Waals surface area contributed by atoms with Crippen molar-refractivity contribution in [3.8, 4) is 0 Å². The van der Waals surface area contributed by atoms with Crippen LogP contribution in [0.1, 0.15) is 12.5 Å². The lowest BCUT2D eigenvalue weighted by Crippen LogP contribution is -2.39. The minimum Gasteiger partial charge on any atom is -0.357 e. The molecule has 4 nitrogen and oxygen atoms in total. The number of benzene rings is 2. The first kappa shape index (κ1) is 23.2. The zero-order chi connectivity index (χ0) is 18.1. The minimum absolute atomic E-state index is 0. The van der Waals surface area contributed by atoms with Crippen molar-refractivity contribution in [3.05, 3.63) is 64.1 Å². The molecule has 0 bridgehead atoms. The van der Waals surface area contributed by atoms with Gasteiger partial charge in [0.05, 0.1) is 17.3 Å². The first-order chi connectivity index (χ1) is 12.1. The third-order valence-electron chi connectivity index (χ3n) is 3.35. The average molecular weight is 526 g/mol. The summed E-state index contributed by atoms with van der Waals surface area (Å²) in [5, 5.41) is 7.56. The Morgan fingerprint density at radius 1 is 1.12 bits per heavy atom. The SMILES string of the molecule is CCNC(=NCc1ccc(Cl)cc1Cl)NCCS(=O)c1ccccc1.I. The second-order valence-corrected chi connectivity index (χ2v) is 7.63. The number of hydrogen-bond donors (Lipinski definition) is 2. The largest absolute Gasteiger partial charge is 0.357 e. The van der Waals surface area contributed by atoms with E-state index in [0.717, 1.165) is 17.0 Å². The van der Waals surface area contributed by atoms with Crippen LogP contribution >= 0.6 is 47.2 Å². The Kier molecular flexibility index (Phi) is 11.2. The molecule has 0 aliphatic heterocycles. The molecule has 1 atom stereocenters. The Balaban J connectivity index is 0.00000338. The molecule has 0 saturated heterocycles. The zero-order valence-electron chi connectivity index (χ0n) is 14.4. The van der Waals surface area contributed by atoms with E-state index < -0.39 is 10.8 Å². The van der Waals surface area contributed by atoms with Crippen molar-refractivity contribution in [2.24, 2.45) is 4.99 Å². The fourth-order valence-corrected chi connectivity index (χ4v) is 3.56. The molecule has 0 fully saturated rings. The Morgan fingerprint density at radius 2 is 1.85 bits per heavy atom. The predicted molar refractivity (Wildman–Crippen MR) is 122 cm³/mol. The lowest BCUT2D eigenvalue weighted by molar-refractivity contribution is 0.681. The standard InChI is InChI=1S/C18H21Cl2N3OS.HI/c1-2-21-18(23-13-14-8-9-15(19)12-17(14)20)22-10-11-25(24)16-6-4-3-5-7-16;/h3-9,12H,2,10-11,13H2,1H3,(H2,21,22,23);1H. The maximum atomic E-state index is 12.2. The van der Waals surface area contributed by atoms with E-state index in [1.165, 1.54) is 0 Å². The molecule has 142 valence electrons. The number of halogens is 3. The van der Waals surface area contributed by atoms with E-state index in [-0.39, 0.29) is 24.0 Å². The summed E-state index contributed by atoms with van der Waals surface area (Å²) in [7, 11) is -1.03. The first-order valence-corrected chi connectivity index (χ1v) is 10.1. The van der Waals surface area contributed by atoms with E-state index in [9.17, 15) is 4.21 Å².